The van der Waals surface area contributed by atoms with Crippen molar-refractivity contribution >= 4 is 5.52 Å². The molecule has 5 nitrogen and oxygen atoms in total. The van der Waals surface area contributed by atoms with Crippen molar-refractivity contribution in [3.05, 3.63) is 28.2 Å². The van der Waals surface area contributed by atoms with Crippen LogP contribution in [-0.2, 0) is 6.42 Å². The Labute approximate surface area is 80.8 Å². The Morgan fingerprint density at radius 1 is 1.57 bits per heavy atom. The largest absolute Gasteiger partial charge is 0.307 e. The molecule has 0 radical (unpaired) electrons. The van der Waals surface area contributed by atoms with E-state index in [0.29, 0.717) is 17.0 Å². The van der Waals surface area contributed by atoms with Crippen molar-refractivity contribution in [2.45, 2.75) is 26.7 Å². The van der Waals surface area contributed by atoms with Crippen LogP contribution in [0, 0.1) is 6.92 Å². The molecule has 0 fully saturated rings. The van der Waals surface area contributed by atoms with Crippen LogP contribution < -0.4 is 5.56 Å². The Hall–Kier alpha value is -1.65. The van der Waals surface area contributed by atoms with E-state index in [2.05, 4.69) is 15.1 Å². The number of aromatic nitrogens is 4. The van der Waals surface area contributed by atoms with Gasteiger partial charge in [-0.1, -0.05) is 6.92 Å². The van der Waals surface area contributed by atoms with Crippen LogP contribution in [0.3, 0.4) is 0 Å². The summed E-state index contributed by atoms with van der Waals surface area (Å²) in [7, 11) is 0. The Kier molecular flexibility index (Phi) is 2.07. The summed E-state index contributed by atoms with van der Waals surface area (Å²) in [4.78, 5) is 18.4. The zero-order chi connectivity index (χ0) is 10.1. The molecule has 0 saturated heterocycles. The second kappa shape index (κ2) is 3.25. The van der Waals surface area contributed by atoms with Gasteiger partial charge < -0.3 is 4.98 Å². The SMILES string of the molecule is CCCc1nn2cnc(C)c2c(=O)[nH]1. The smallest absolute Gasteiger partial charge is 0.277 e. The van der Waals surface area contributed by atoms with Gasteiger partial charge in [0.15, 0.2) is 5.52 Å². The summed E-state index contributed by atoms with van der Waals surface area (Å²) in [6.45, 7) is 3.84. The zero-order valence-electron chi connectivity index (χ0n) is 8.24. The van der Waals surface area contributed by atoms with Gasteiger partial charge in [0.05, 0.1) is 5.69 Å². The van der Waals surface area contributed by atoms with E-state index in [4.69, 9.17) is 0 Å². The highest BCUT2D eigenvalue weighted by molar-refractivity contribution is 5.47. The van der Waals surface area contributed by atoms with Crippen molar-refractivity contribution in [2.75, 3.05) is 0 Å². The summed E-state index contributed by atoms with van der Waals surface area (Å²) in [5.74, 6) is 0.711. The van der Waals surface area contributed by atoms with E-state index < -0.39 is 0 Å². The lowest BCUT2D eigenvalue weighted by molar-refractivity contribution is 0.754. The maximum absolute atomic E-state index is 11.6. The fourth-order valence-corrected chi connectivity index (χ4v) is 1.46. The summed E-state index contributed by atoms with van der Waals surface area (Å²) >= 11 is 0. The van der Waals surface area contributed by atoms with E-state index in [1.165, 1.54) is 0 Å². The minimum Gasteiger partial charge on any atom is -0.307 e. The van der Waals surface area contributed by atoms with Crippen molar-refractivity contribution < 1.29 is 0 Å². The second-order valence-corrected chi connectivity index (χ2v) is 3.27. The molecule has 0 aliphatic heterocycles. The van der Waals surface area contributed by atoms with Crippen LogP contribution in [0.1, 0.15) is 24.9 Å². The molecule has 2 heterocycles. The predicted molar refractivity (Wildman–Crippen MR) is 52.3 cm³/mol. The van der Waals surface area contributed by atoms with Gasteiger partial charge in [-0.05, 0) is 13.3 Å². The Bertz CT molecular complexity index is 511. The maximum atomic E-state index is 11.6. The Morgan fingerprint density at radius 3 is 3.07 bits per heavy atom. The number of aryl methyl sites for hydroxylation is 2. The van der Waals surface area contributed by atoms with E-state index >= 15 is 0 Å². The minimum atomic E-state index is -0.113. The molecule has 0 aliphatic carbocycles. The molecule has 0 saturated carbocycles. The number of hydrogen-bond acceptors (Lipinski definition) is 3. The van der Waals surface area contributed by atoms with Crippen molar-refractivity contribution in [3.63, 3.8) is 0 Å². The molecule has 1 N–H and O–H groups in total. The molecule has 0 spiro atoms. The standard InChI is InChI=1S/C9H12N4O/c1-3-4-7-11-9(14)8-6(2)10-5-13(8)12-7/h5H,3-4H2,1-2H3,(H,11,12,14). The van der Waals surface area contributed by atoms with Gasteiger partial charge in [0, 0.05) is 6.42 Å². The van der Waals surface area contributed by atoms with E-state index in [1.54, 1.807) is 17.8 Å². The lowest BCUT2D eigenvalue weighted by Crippen LogP contribution is -2.16. The number of H-pyrrole nitrogens is 1. The van der Waals surface area contributed by atoms with Crippen LogP contribution in [0.15, 0.2) is 11.1 Å². The third kappa shape index (κ3) is 1.30. The van der Waals surface area contributed by atoms with Gasteiger partial charge in [0.1, 0.15) is 12.2 Å². The summed E-state index contributed by atoms with van der Waals surface area (Å²) in [6, 6.07) is 0. The molecular formula is C9H12N4O. The van der Waals surface area contributed by atoms with Gasteiger partial charge in [-0.2, -0.15) is 5.10 Å². The average Bonchev–Trinajstić information content (AvgIpc) is 2.48. The van der Waals surface area contributed by atoms with E-state index in [1.807, 2.05) is 6.92 Å². The zero-order valence-corrected chi connectivity index (χ0v) is 8.24. The maximum Gasteiger partial charge on any atom is 0.277 e. The van der Waals surface area contributed by atoms with Crippen LogP contribution in [0.5, 0.6) is 0 Å². The van der Waals surface area contributed by atoms with Gasteiger partial charge in [-0.25, -0.2) is 9.50 Å². The first-order chi connectivity index (χ1) is 6.72. The van der Waals surface area contributed by atoms with Crippen LogP contribution >= 0.6 is 0 Å². The molecule has 2 aromatic heterocycles. The predicted octanol–water partition coefficient (Wildman–Crippen LogP) is 0.679. The number of nitrogens with zero attached hydrogens (tertiary/aromatic N) is 3. The molecule has 0 unspecified atom stereocenters. The topological polar surface area (TPSA) is 63.1 Å². The number of imidazole rings is 1. The normalized spacial score (nSPS) is 11.0. The van der Waals surface area contributed by atoms with Crippen LogP contribution in [0.4, 0.5) is 0 Å². The molecule has 0 aromatic carbocycles. The van der Waals surface area contributed by atoms with Crippen molar-refractivity contribution in [2.24, 2.45) is 0 Å². The van der Waals surface area contributed by atoms with Crippen molar-refractivity contribution in [3.8, 4) is 0 Å². The molecule has 0 atom stereocenters. The first-order valence-corrected chi connectivity index (χ1v) is 4.65. The van der Waals surface area contributed by atoms with Gasteiger partial charge in [-0.15, -0.1) is 0 Å². The van der Waals surface area contributed by atoms with E-state index in [0.717, 1.165) is 12.8 Å². The third-order valence-electron chi connectivity index (χ3n) is 2.12. The molecule has 2 rings (SSSR count). The molecule has 5 heteroatoms. The molecule has 2 aromatic rings. The fourth-order valence-electron chi connectivity index (χ4n) is 1.46. The number of rotatable bonds is 2. The fraction of sp³-hybridized carbons (Fsp3) is 0.444. The van der Waals surface area contributed by atoms with Crippen LogP contribution in [0.2, 0.25) is 0 Å². The molecule has 0 aliphatic rings. The number of fused-ring (bicyclic) bond motifs is 1. The molecule has 74 valence electrons. The monoisotopic (exact) mass is 192 g/mol. The first-order valence-electron chi connectivity index (χ1n) is 4.65. The van der Waals surface area contributed by atoms with E-state index in [-0.39, 0.29) is 5.56 Å². The molecule has 14 heavy (non-hydrogen) atoms. The van der Waals surface area contributed by atoms with Gasteiger partial charge in [0.2, 0.25) is 0 Å². The number of hydrogen-bond donors (Lipinski definition) is 1. The molecular weight excluding hydrogens is 180 g/mol. The summed E-state index contributed by atoms with van der Waals surface area (Å²) < 4.78 is 1.54. The van der Waals surface area contributed by atoms with Crippen molar-refractivity contribution in [1.29, 1.82) is 0 Å². The van der Waals surface area contributed by atoms with Gasteiger partial charge in [0.25, 0.3) is 5.56 Å². The van der Waals surface area contributed by atoms with Gasteiger partial charge in [-0.3, -0.25) is 4.79 Å². The second-order valence-electron chi connectivity index (χ2n) is 3.27. The first kappa shape index (κ1) is 8.93. The lowest BCUT2D eigenvalue weighted by atomic mass is 10.3. The highest BCUT2D eigenvalue weighted by Crippen LogP contribution is 2.01. The summed E-state index contributed by atoms with van der Waals surface area (Å²) in [5, 5.41) is 4.25. The highest BCUT2D eigenvalue weighted by atomic mass is 16.1. The van der Waals surface area contributed by atoms with E-state index in [9.17, 15) is 4.79 Å². The average molecular weight is 192 g/mol. The van der Waals surface area contributed by atoms with Crippen LogP contribution in [0.25, 0.3) is 5.52 Å². The quantitative estimate of drug-likeness (QED) is 0.761. The highest BCUT2D eigenvalue weighted by Gasteiger charge is 2.06. The lowest BCUT2D eigenvalue weighted by Gasteiger charge is -1.98. The summed E-state index contributed by atoms with van der Waals surface area (Å²) in [5.41, 5.74) is 1.13. The number of nitrogens with one attached hydrogen (secondary N) is 1. The van der Waals surface area contributed by atoms with Crippen molar-refractivity contribution in [1.82, 2.24) is 19.6 Å². The number of aromatic amines is 1. The van der Waals surface area contributed by atoms with Gasteiger partial charge >= 0.3 is 0 Å². The summed E-state index contributed by atoms with van der Waals surface area (Å²) in [6.07, 6.45) is 3.31. The Balaban J connectivity index is 2.68. The molecule has 0 bridgehead atoms. The minimum absolute atomic E-state index is 0.113. The molecule has 0 amide bonds. The van der Waals surface area contributed by atoms with Crippen LogP contribution in [-0.4, -0.2) is 19.6 Å². The third-order valence-corrected chi connectivity index (χ3v) is 2.12. The Morgan fingerprint density at radius 2 is 2.36 bits per heavy atom.